The summed E-state index contributed by atoms with van der Waals surface area (Å²) in [4.78, 5) is 23.3. The van der Waals surface area contributed by atoms with Gasteiger partial charge in [0.05, 0.1) is 19.1 Å². The van der Waals surface area contributed by atoms with E-state index in [9.17, 15) is 18.0 Å². The first-order chi connectivity index (χ1) is 12.4. The van der Waals surface area contributed by atoms with Crippen molar-refractivity contribution in [3.63, 3.8) is 0 Å². The third kappa shape index (κ3) is 3.88. The molecule has 0 saturated heterocycles. The molecule has 0 aliphatic heterocycles. The Kier molecular flexibility index (Phi) is 4.70. The maximum absolute atomic E-state index is 12.6. The summed E-state index contributed by atoms with van der Waals surface area (Å²) >= 11 is 0. The molecule has 0 saturated carbocycles. The molecule has 6 nitrogen and oxygen atoms in total. The van der Waals surface area contributed by atoms with Crippen molar-refractivity contribution in [3.05, 3.63) is 65.8 Å². The molecule has 3 rings (SSSR count). The summed E-state index contributed by atoms with van der Waals surface area (Å²) in [5, 5.41) is 0. The average Bonchev–Trinajstić information content (AvgIpc) is 3.09. The van der Waals surface area contributed by atoms with Crippen molar-refractivity contribution in [2.45, 2.75) is 12.6 Å². The molecule has 2 aromatic heterocycles. The van der Waals surface area contributed by atoms with Crippen molar-refractivity contribution in [1.29, 1.82) is 0 Å². The Morgan fingerprint density at radius 2 is 1.81 bits per heavy atom. The molecule has 9 heteroatoms. The molecule has 0 amide bonds. The van der Waals surface area contributed by atoms with Crippen molar-refractivity contribution in [2.75, 3.05) is 7.11 Å². The number of halogens is 3. The number of esters is 1. The highest BCUT2D eigenvalue weighted by molar-refractivity contribution is 5.84. The van der Waals surface area contributed by atoms with Gasteiger partial charge in [0.1, 0.15) is 12.0 Å². The van der Waals surface area contributed by atoms with Gasteiger partial charge in [-0.05, 0) is 17.7 Å². The largest absolute Gasteiger partial charge is 0.463 e. The normalized spacial score (nSPS) is 11.4. The van der Waals surface area contributed by atoms with E-state index >= 15 is 0 Å². The van der Waals surface area contributed by atoms with E-state index in [1.54, 1.807) is 0 Å². The Hall–Kier alpha value is -3.23. The fraction of sp³-hybridized carbons (Fsp3) is 0.176. The molecule has 0 bridgehead atoms. The van der Waals surface area contributed by atoms with E-state index in [1.165, 1.54) is 37.9 Å². The lowest BCUT2D eigenvalue weighted by Crippen LogP contribution is -2.07. The second-order valence-electron chi connectivity index (χ2n) is 5.28. The van der Waals surface area contributed by atoms with Gasteiger partial charge < -0.3 is 9.15 Å². The average molecular weight is 363 g/mol. The number of carbonyl (C=O) groups excluding carboxylic acids is 1. The van der Waals surface area contributed by atoms with Crippen molar-refractivity contribution < 1.29 is 27.1 Å². The molecule has 0 spiro atoms. The first kappa shape index (κ1) is 17.6. The van der Waals surface area contributed by atoms with Crippen LogP contribution in [0.15, 0.2) is 47.3 Å². The molecule has 0 radical (unpaired) electrons. The zero-order valence-electron chi connectivity index (χ0n) is 13.4. The highest BCUT2D eigenvalue weighted by Crippen LogP contribution is 2.30. The lowest BCUT2D eigenvalue weighted by molar-refractivity contribution is -0.137. The monoisotopic (exact) mass is 363 g/mol. The van der Waals surface area contributed by atoms with Crippen LogP contribution in [0.4, 0.5) is 13.2 Å². The number of methoxy groups -OCH3 is 1. The molecule has 0 aliphatic rings. The number of nitrogens with zero attached hydrogens (tertiary/aromatic N) is 3. The summed E-state index contributed by atoms with van der Waals surface area (Å²) in [6.45, 7) is 0. The predicted octanol–water partition coefficient (Wildman–Crippen LogP) is 3.53. The molecule has 0 fully saturated rings. The molecule has 0 aliphatic carbocycles. The first-order valence-corrected chi connectivity index (χ1v) is 7.38. The zero-order valence-corrected chi connectivity index (χ0v) is 13.4. The van der Waals surface area contributed by atoms with Crippen molar-refractivity contribution >= 4 is 5.97 Å². The lowest BCUT2D eigenvalue weighted by Gasteiger charge is -2.06. The van der Waals surface area contributed by atoms with Gasteiger partial charge in [-0.1, -0.05) is 12.1 Å². The Balaban J connectivity index is 1.73. The quantitative estimate of drug-likeness (QED) is 0.660. The summed E-state index contributed by atoms with van der Waals surface area (Å²) in [6.07, 6.45) is 0.135. The van der Waals surface area contributed by atoms with E-state index in [1.807, 2.05) is 0 Å². The summed E-state index contributed by atoms with van der Waals surface area (Å²) in [5.74, 6) is -0.360. The van der Waals surface area contributed by atoms with Crippen LogP contribution in [0.1, 0.15) is 27.6 Å². The van der Waals surface area contributed by atoms with Crippen LogP contribution in [0, 0.1) is 0 Å². The summed E-state index contributed by atoms with van der Waals surface area (Å²) in [6, 6.07) is 4.64. The summed E-state index contributed by atoms with van der Waals surface area (Å²) < 4.78 is 47.6. The van der Waals surface area contributed by atoms with Gasteiger partial charge in [0, 0.05) is 18.0 Å². The van der Waals surface area contributed by atoms with Gasteiger partial charge >= 0.3 is 12.1 Å². The third-order valence-corrected chi connectivity index (χ3v) is 3.49. The van der Waals surface area contributed by atoms with Gasteiger partial charge in [-0.15, -0.1) is 0 Å². The number of oxazole rings is 1. The highest BCUT2D eigenvalue weighted by atomic mass is 19.4. The van der Waals surface area contributed by atoms with Crippen LogP contribution >= 0.6 is 0 Å². The standard InChI is InChI=1S/C17H12F3N3O3/c1-25-16(24)15-21-7-10(8-22-15)6-14-23-13(9-26-14)11-2-4-12(5-3-11)17(18,19)20/h2-5,7-9H,6H2,1H3. The molecule has 0 unspecified atom stereocenters. The smallest absolute Gasteiger partial charge is 0.416 e. The van der Waals surface area contributed by atoms with Crippen molar-refractivity contribution in [2.24, 2.45) is 0 Å². The van der Waals surface area contributed by atoms with Gasteiger partial charge in [-0.25, -0.2) is 19.7 Å². The minimum Gasteiger partial charge on any atom is -0.463 e. The second kappa shape index (κ2) is 6.95. The topological polar surface area (TPSA) is 78.1 Å². The summed E-state index contributed by atoms with van der Waals surface area (Å²) in [7, 11) is 1.23. The van der Waals surface area contributed by atoms with Crippen LogP contribution in [0.25, 0.3) is 11.3 Å². The highest BCUT2D eigenvalue weighted by Gasteiger charge is 2.30. The van der Waals surface area contributed by atoms with E-state index < -0.39 is 17.7 Å². The zero-order chi connectivity index (χ0) is 18.7. The van der Waals surface area contributed by atoms with Crippen molar-refractivity contribution in [3.8, 4) is 11.3 Å². The Morgan fingerprint density at radius 3 is 2.38 bits per heavy atom. The van der Waals surface area contributed by atoms with Gasteiger partial charge in [0.2, 0.25) is 5.82 Å². The number of ether oxygens (including phenoxy) is 1. The van der Waals surface area contributed by atoms with Crippen LogP contribution < -0.4 is 0 Å². The Bertz CT molecular complexity index is 903. The van der Waals surface area contributed by atoms with Crippen LogP contribution in [0.3, 0.4) is 0 Å². The molecular formula is C17H12F3N3O3. The Morgan fingerprint density at radius 1 is 1.15 bits per heavy atom. The second-order valence-corrected chi connectivity index (χ2v) is 5.28. The van der Waals surface area contributed by atoms with E-state index in [-0.39, 0.29) is 12.2 Å². The number of carbonyl (C=O) groups is 1. The maximum atomic E-state index is 12.6. The van der Waals surface area contributed by atoms with Crippen molar-refractivity contribution in [1.82, 2.24) is 15.0 Å². The number of hydrogen-bond acceptors (Lipinski definition) is 6. The van der Waals surface area contributed by atoms with Crippen LogP contribution in [-0.4, -0.2) is 28.0 Å². The van der Waals surface area contributed by atoms with Gasteiger partial charge in [0.15, 0.2) is 5.89 Å². The van der Waals surface area contributed by atoms with E-state index in [0.29, 0.717) is 22.7 Å². The maximum Gasteiger partial charge on any atom is 0.416 e. The predicted molar refractivity (Wildman–Crippen MR) is 83.1 cm³/mol. The van der Waals surface area contributed by atoms with Crippen LogP contribution in [-0.2, 0) is 17.3 Å². The van der Waals surface area contributed by atoms with E-state index in [4.69, 9.17) is 4.42 Å². The van der Waals surface area contributed by atoms with Crippen LogP contribution in [0.5, 0.6) is 0 Å². The van der Waals surface area contributed by atoms with Crippen LogP contribution in [0.2, 0.25) is 0 Å². The fourth-order valence-corrected chi connectivity index (χ4v) is 2.17. The van der Waals surface area contributed by atoms with Gasteiger partial charge in [-0.2, -0.15) is 13.2 Å². The summed E-state index contributed by atoms with van der Waals surface area (Å²) in [5.41, 5.74) is 0.845. The minimum atomic E-state index is -4.39. The Labute approximate surface area is 145 Å². The van der Waals surface area contributed by atoms with E-state index in [2.05, 4.69) is 19.7 Å². The molecule has 1 aromatic carbocycles. The number of hydrogen-bond donors (Lipinski definition) is 0. The van der Waals surface area contributed by atoms with Gasteiger partial charge in [0.25, 0.3) is 0 Å². The lowest BCUT2D eigenvalue weighted by atomic mass is 10.1. The number of rotatable bonds is 4. The number of alkyl halides is 3. The molecule has 3 aromatic rings. The van der Waals surface area contributed by atoms with E-state index in [0.717, 1.165) is 12.1 Å². The number of benzene rings is 1. The SMILES string of the molecule is COC(=O)c1ncc(Cc2nc(-c3ccc(C(F)(F)F)cc3)co2)cn1. The molecule has 134 valence electrons. The number of aromatic nitrogens is 3. The minimum absolute atomic E-state index is 0.0610. The third-order valence-electron chi connectivity index (χ3n) is 3.49. The van der Waals surface area contributed by atoms with Gasteiger partial charge in [-0.3, -0.25) is 0 Å². The first-order valence-electron chi connectivity index (χ1n) is 7.38. The molecule has 26 heavy (non-hydrogen) atoms. The fourth-order valence-electron chi connectivity index (χ4n) is 2.17. The molecular weight excluding hydrogens is 351 g/mol. The molecule has 0 N–H and O–H groups in total. The molecule has 0 atom stereocenters. The molecule has 2 heterocycles.